The normalized spacial score (nSPS) is 22.0. The number of hydrogen-bond acceptors (Lipinski definition) is 3. The van der Waals surface area contributed by atoms with E-state index in [0.717, 1.165) is 12.8 Å². The van der Waals surface area contributed by atoms with Crippen LogP contribution in [-0.4, -0.2) is 54.6 Å². The van der Waals surface area contributed by atoms with Crippen molar-refractivity contribution in [3.8, 4) is 0 Å². The number of nitrogens with one attached hydrogen (secondary N) is 2. The standard InChI is InChI=1S/C13H22F3N3O2/c1-8-5-4-6-19(8)12(21)10(7-13(14,15)16)18-11(20)9(2)17-3/h8-10,17H,4-7H2,1-3H3,(H,18,20)/t8?,9-,10+/m0/s1. The Morgan fingerprint density at radius 3 is 2.43 bits per heavy atom. The average molecular weight is 309 g/mol. The van der Waals surface area contributed by atoms with Crippen molar-refractivity contribution >= 4 is 11.8 Å². The van der Waals surface area contributed by atoms with Crippen LogP contribution in [0.1, 0.15) is 33.1 Å². The van der Waals surface area contributed by atoms with Gasteiger partial charge in [0.05, 0.1) is 12.5 Å². The highest BCUT2D eigenvalue weighted by atomic mass is 19.4. The second-order valence-corrected chi connectivity index (χ2v) is 5.41. The van der Waals surface area contributed by atoms with E-state index < -0.39 is 36.5 Å². The Kier molecular flexibility index (Phi) is 6.00. The molecular weight excluding hydrogens is 287 g/mol. The zero-order chi connectivity index (χ0) is 16.2. The lowest BCUT2D eigenvalue weighted by Gasteiger charge is -2.28. The molecule has 1 saturated heterocycles. The third kappa shape index (κ3) is 5.18. The topological polar surface area (TPSA) is 61.4 Å². The molecule has 1 unspecified atom stereocenters. The van der Waals surface area contributed by atoms with Gasteiger partial charge in [0.2, 0.25) is 11.8 Å². The Morgan fingerprint density at radius 2 is 2.00 bits per heavy atom. The molecule has 0 aromatic rings. The third-order valence-electron chi connectivity index (χ3n) is 3.71. The van der Waals surface area contributed by atoms with Gasteiger partial charge in [-0.05, 0) is 33.7 Å². The first-order chi connectivity index (χ1) is 9.65. The first kappa shape index (κ1) is 17.7. The number of hydrogen-bond donors (Lipinski definition) is 2. The Labute approximate surface area is 122 Å². The van der Waals surface area contributed by atoms with Gasteiger partial charge in [0.1, 0.15) is 6.04 Å². The molecule has 0 aliphatic carbocycles. The fourth-order valence-corrected chi connectivity index (χ4v) is 2.32. The molecule has 5 nitrogen and oxygen atoms in total. The van der Waals surface area contributed by atoms with Crippen LogP contribution in [0, 0.1) is 0 Å². The molecule has 0 saturated carbocycles. The van der Waals surface area contributed by atoms with Gasteiger partial charge in [-0.15, -0.1) is 0 Å². The fraction of sp³-hybridized carbons (Fsp3) is 0.846. The molecule has 122 valence electrons. The van der Waals surface area contributed by atoms with Crippen molar-refractivity contribution in [1.29, 1.82) is 0 Å². The van der Waals surface area contributed by atoms with E-state index >= 15 is 0 Å². The number of halogens is 3. The van der Waals surface area contributed by atoms with Crippen molar-refractivity contribution < 1.29 is 22.8 Å². The summed E-state index contributed by atoms with van der Waals surface area (Å²) < 4.78 is 37.9. The Balaban J connectivity index is 2.81. The zero-order valence-corrected chi connectivity index (χ0v) is 12.5. The molecule has 1 heterocycles. The van der Waals surface area contributed by atoms with E-state index in [1.165, 1.54) is 18.9 Å². The summed E-state index contributed by atoms with van der Waals surface area (Å²) in [6.45, 7) is 3.75. The zero-order valence-electron chi connectivity index (χ0n) is 12.5. The molecule has 1 rings (SSSR count). The van der Waals surface area contributed by atoms with Crippen LogP contribution in [0.15, 0.2) is 0 Å². The maximum Gasteiger partial charge on any atom is 0.391 e. The highest BCUT2D eigenvalue weighted by Crippen LogP contribution is 2.25. The van der Waals surface area contributed by atoms with E-state index in [9.17, 15) is 22.8 Å². The number of carbonyl (C=O) groups excluding carboxylic acids is 2. The maximum atomic E-state index is 12.6. The van der Waals surface area contributed by atoms with Crippen LogP contribution in [0.4, 0.5) is 13.2 Å². The molecule has 21 heavy (non-hydrogen) atoms. The molecular formula is C13H22F3N3O2. The maximum absolute atomic E-state index is 12.6. The van der Waals surface area contributed by atoms with Gasteiger partial charge in [-0.1, -0.05) is 0 Å². The Morgan fingerprint density at radius 1 is 1.38 bits per heavy atom. The van der Waals surface area contributed by atoms with E-state index in [0.29, 0.717) is 6.54 Å². The van der Waals surface area contributed by atoms with Gasteiger partial charge < -0.3 is 15.5 Å². The smallest absolute Gasteiger partial charge is 0.343 e. The molecule has 1 aliphatic heterocycles. The van der Waals surface area contributed by atoms with E-state index in [4.69, 9.17) is 0 Å². The minimum Gasteiger partial charge on any atom is -0.343 e. The molecule has 2 amide bonds. The quantitative estimate of drug-likeness (QED) is 0.798. The highest BCUT2D eigenvalue weighted by Gasteiger charge is 2.40. The number of likely N-dealkylation sites (N-methyl/N-ethyl adjacent to an activating group) is 1. The van der Waals surface area contributed by atoms with E-state index in [-0.39, 0.29) is 6.04 Å². The fourth-order valence-electron chi connectivity index (χ4n) is 2.32. The summed E-state index contributed by atoms with van der Waals surface area (Å²) in [7, 11) is 1.52. The van der Waals surface area contributed by atoms with Crippen LogP contribution in [0.5, 0.6) is 0 Å². The SMILES string of the molecule is CN[C@@H](C)C(=O)N[C@H](CC(F)(F)F)C(=O)N1CCCC1C. The molecule has 0 bridgehead atoms. The minimum atomic E-state index is -4.51. The first-order valence-corrected chi connectivity index (χ1v) is 7.00. The molecule has 1 aliphatic rings. The van der Waals surface area contributed by atoms with Crippen molar-refractivity contribution in [3.05, 3.63) is 0 Å². The number of nitrogens with zero attached hydrogens (tertiary/aromatic N) is 1. The summed E-state index contributed by atoms with van der Waals surface area (Å²) in [5, 5.41) is 4.84. The van der Waals surface area contributed by atoms with Crippen LogP contribution in [0.3, 0.4) is 0 Å². The predicted molar refractivity (Wildman–Crippen MR) is 71.5 cm³/mol. The van der Waals surface area contributed by atoms with E-state index in [2.05, 4.69) is 10.6 Å². The number of carbonyl (C=O) groups is 2. The van der Waals surface area contributed by atoms with Gasteiger partial charge in [-0.2, -0.15) is 13.2 Å². The molecule has 3 atom stereocenters. The number of amides is 2. The summed E-state index contributed by atoms with van der Waals surface area (Å²) in [4.78, 5) is 25.4. The average Bonchev–Trinajstić information content (AvgIpc) is 2.80. The summed E-state index contributed by atoms with van der Waals surface area (Å²) >= 11 is 0. The summed E-state index contributed by atoms with van der Waals surface area (Å²) in [5.41, 5.74) is 0. The second-order valence-electron chi connectivity index (χ2n) is 5.41. The van der Waals surface area contributed by atoms with Crippen LogP contribution in [0.2, 0.25) is 0 Å². The third-order valence-corrected chi connectivity index (χ3v) is 3.71. The molecule has 0 aromatic carbocycles. The summed E-state index contributed by atoms with van der Waals surface area (Å²) in [6, 6.07) is -2.31. The van der Waals surface area contributed by atoms with Crippen LogP contribution in [-0.2, 0) is 9.59 Å². The molecule has 0 aromatic heterocycles. The van der Waals surface area contributed by atoms with Gasteiger partial charge in [0, 0.05) is 12.6 Å². The predicted octanol–water partition coefficient (Wildman–Crippen LogP) is 1.04. The molecule has 2 N–H and O–H groups in total. The van der Waals surface area contributed by atoms with Crippen molar-refractivity contribution in [1.82, 2.24) is 15.5 Å². The second kappa shape index (κ2) is 7.11. The lowest BCUT2D eigenvalue weighted by atomic mass is 10.1. The number of rotatable bonds is 5. The van der Waals surface area contributed by atoms with Gasteiger partial charge in [0.15, 0.2) is 0 Å². The lowest BCUT2D eigenvalue weighted by molar-refractivity contribution is -0.156. The van der Waals surface area contributed by atoms with Crippen molar-refractivity contribution in [2.45, 2.75) is 57.4 Å². The molecule has 0 spiro atoms. The van der Waals surface area contributed by atoms with Crippen LogP contribution >= 0.6 is 0 Å². The number of alkyl halides is 3. The van der Waals surface area contributed by atoms with Gasteiger partial charge in [-0.25, -0.2) is 0 Å². The molecule has 1 fully saturated rings. The van der Waals surface area contributed by atoms with Gasteiger partial charge in [-0.3, -0.25) is 9.59 Å². The monoisotopic (exact) mass is 309 g/mol. The van der Waals surface area contributed by atoms with Crippen LogP contribution in [0.25, 0.3) is 0 Å². The lowest BCUT2D eigenvalue weighted by Crippen LogP contribution is -2.54. The molecule has 8 heteroatoms. The highest BCUT2D eigenvalue weighted by molar-refractivity contribution is 5.89. The Bertz CT molecular complexity index is 387. The van der Waals surface area contributed by atoms with Gasteiger partial charge >= 0.3 is 6.18 Å². The van der Waals surface area contributed by atoms with Gasteiger partial charge in [0.25, 0.3) is 0 Å². The van der Waals surface area contributed by atoms with E-state index in [1.54, 1.807) is 6.92 Å². The van der Waals surface area contributed by atoms with Crippen molar-refractivity contribution in [2.24, 2.45) is 0 Å². The van der Waals surface area contributed by atoms with Crippen LogP contribution < -0.4 is 10.6 Å². The van der Waals surface area contributed by atoms with E-state index in [1.807, 2.05) is 0 Å². The minimum absolute atomic E-state index is 0.0909. The van der Waals surface area contributed by atoms with Crippen molar-refractivity contribution in [3.63, 3.8) is 0 Å². The summed E-state index contributed by atoms with van der Waals surface area (Å²) in [6.07, 6.45) is -4.32. The number of likely N-dealkylation sites (tertiary alicyclic amines) is 1. The summed E-state index contributed by atoms with van der Waals surface area (Å²) in [5.74, 6) is -1.28. The Hall–Kier alpha value is -1.31. The van der Waals surface area contributed by atoms with Crippen molar-refractivity contribution in [2.75, 3.05) is 13.6 Å². The first-order valence-electron chi connectivity index (χ1n) is 7.00. The molecule has 0 radical (unpaired) electrons. The largest absolute Gasteiger partial charge is 0.391 e.